The average Bonchev–Trinajstić information content (AvgIpc) is 3.22. The number of rotatable bonds is 5. The van der Waals surface area contributed by atoms with Gasteiger partial charge in [-0.05, 0) is 49.2 Å². The highest BCUT2D eigenvalue weighted by Gasteiger charge is 2.24. The van der Waals surface area contributed by atoms with Gasteiger partial charge in [0.05, 0.1) is 28.8 Å². The summed E-state index contributed by atoms with van der Waals surface area (Å²) < 4.78 is 32.5. The van der Waals surface area contributed by atoms with Crippen molar-refractivity contribution >= 4 is 27.6 Å². The van der Waals surface area contributed by atoms with Crippen LogP contribution in [0.1, 0.15) is 33.6 Å². The van der Waals surface area contributed by atoms with E-state index in [0.29, 0.717) is 18.7 Å². The fourth-order valence-corrected chi connectivity index (χ4v) is 4.02. The Hall–Kier alpha value is -2.87. The summed E-state index contributed by atoms with van der Waals surface area (Å²) in [5, 5.41) is 0. The fourth-order valence-electron chi connectivity index (χ4n) is 2.94. The molecule has 1 aliphatic heterocycles. The monoisotopic (exact) mass is 388 g/mol. The first-order valence-electron chi connectivity index (χ1n) is 8.52. The predicted octanol–water partition coefficient (Wildman–Crippen LogP) is 2.51. The Morgan fingerprint density at radius 3 is 2.26 bits per heavy atom. The lowest BCUT2D eigenvalue weighted by Gasteiger charge is -2.18. The van der Waals surface area contributed by atoms with Gasteiger partial charge in [0.15, 0.2) is 0 Å². The molecule has 0 bridgehead atoms. The number of sulfonamides is 1. The smallest absolute Gasteiger partial charge is 0.337 e. The second-order valence-electron chi connectivity index (χ2n) is 6.17. The number of hydrogen-bond acceptors (Lipinski definition) is 5. The van der Waals surface area contributed by atoms with Crippen molar-refractivity contribution in [2.45, 2.75) is 17.7 Å². The predicted molar refractivity (Wildman–Crippen MR) is 100 cm³/mol. The molecule has 2 aromatic carbocycles. The number of nitrogens with one attached hydrogen (secondary N) is 1. The SMILES string of the molecule is COC(=O)c1ccc(S(=O)(=O)Nc2ccccc2C(=O)N2CCCC2)cc1. The first-order valence-corrected chi connectivity index (χ1v) is 10.0. The van der Waals surface area contributed by atoms with Gasteiger partial charge in [-0.1, -0.05) is 12.1 Å². The van der Waals surface area contributed by atoms with E-state index in [4.69, 9.17) is 0 Å². The van der Waals surface area contributed by atoms with Gasteiger partial charge in [0.2, 0.25) is 0 Å². The van der Waals surface area contributed by atoms with Crippen LogP contribution in [0, 0.1) is 0 Å². The molecule has 1 aliphatic rings. The van der Waals surface area contributed by atoms with Crippen molar-refractivity contribution in [1.82, 2.24) is 4.90 Å². The Morgan fingerprint density at radius 2 is 1.63 bits per heavy atom. The molecule has 0 spiro atoms. The maximum Gasteiger partial charge on any atom is 0.337 e. The van der Waals surface area contributed by atoms with E-state index in [1.807, 2.05) is 0 Å². The summed E-state index contributed by atoms with van der Waals surface area (Å²) in [7, 11) is -2.66. The summed E-state index contributed by atoms with van der Waals surface area (Å²) in [4.78, 5) is 25.9. The molecule has 1 heterocycles. The molecule has 0 saturated carbocycles. The molecule has 2 aromatic rings. The van der Waals surface area contributed by atoms with E-state index in [1.54, 1.807) is 29.2 Å². The molecule has 27 heavy (non-hydrogen) atoms. The molecule has 3 rings (SSSR count). The van der Waals surface area contributed by atoms with Gasteiger partial charge in [0, 0.05) is 13.1 Å². The highest BCUT2D eigenvalue weighted by atomic mass is 32.2. The number of hydrogen-bond donors (Lipinski definition) is 1. The van der Waals surface area contributed by atoms with Gasteiger partial charge in [-0.25, -0.2) is 13.2 Å². The Kier molecular flexibility index (Phi) is 5.46. The van der Waals surface area contributed by atoms with Crippen LogP contribution in [0.5, 0.6) is 0 Å². The van der Waals surface area contributed by atoms with Gasteiger partial charge >= 0.3 is 5.97 Å². The van der Waals surface area contributed by atoms with E-state index in [0.717, 1.165) is 12.8 Å². The zero-order valence-corrected chi connectivity index (χ0v) is 15.7. The first-order chi connectivity index (χ1) is 12.9. The summed E-state index contributed by atoms with van der Waals surface area (Å²) in [5.74, 6) is -0.736. The molecule has 0 aliphatic carbocycles. The van der Waals surface area contributed by atoms with Crippen molar-refractivity contribution in [3.8, 4) is 0 Å². The second kappa shape index (κ2) is 7.79. The number of ether oxygens (including phenoxy) is 1. The Bertz CT molecular complexity index is 948. The van der Waals surface area contributed by atoms with Crippen LogP contribution in [0.3, 0.4) is 0 Å². The Balaban J connectivity index is 1.86. The highest BCUT2D eigenvalue weighted by Crippen LogP contribution is 2.23. The van der Waals surface area contributed by atoms with Crippen molar-refractivity contribution in [3.05, 3.63) is 59.7 Å². The maximum absolute atomic E-state index is 12.7. The minimum atomic E-state index is -3.91. The number of carbonyl (C=O) groups is 2. The van der Waals surface area contributed by atoms with Gasteiger partial charge in [-0.15, -0.1) is 0 Å². The molecule has 1 amide bonds. The van der Waals surface area contributed by atoms with E-state index in [1.165, 1.54) is 31.4 Å². The number of esters is 1. The molecule has 1 fully saturated rings. The van der Waals surface area contributed by atoms with Gasteiger partial charge in [0.1, 0.15) is 0 Å². The van der Waals surface area contributed by atoms with E-state index in [-0.39, 0.29) is 22.1 Å². The quantitative estimate of drug-likeness (QED) is 0.795. The third-order valence-corrected chi connectivity index (χ3v) is 5.76. The molecule has 0 radical (unpaired) electrons. The number of amides is 1. The third kappa shape index (κ3) is 4.11. The second-order valence-corrected chi connectivity index (χ2v) is 7.85. The summed E-state index contributed by atoms with van der Waals surface area (Å²) in [6.45, 7) is 1.35. The maximum atomic E-state index is 12.7. The molecule has 0 aromatic heterocycles. The zero-order valence-electron chi connectivity index (χ0n) is 14.8. The van der Waals surface area contributed by atoms with Crippen molar-refractivity contribution in [1.29, 1.82) is 0 Å². The Morgan fingerprint density at radius 1 is 1.00 bits per heavy atom. The lowest BCUT2D eigenvalue weighted by molar-refractivity contribution is 0.0600. The van der Waals surface area contributed by atoms with Crippen molar-refractivity contribution < 1.29 is 22.7 Å². The number of carbonyl (C=O) groups excluding carboxylic acids is 2. The van der Waals surface area contributed by atoms with Crippen LogP contribution in [-0.2, 0) is 14.8 Å². The molecule has 1 N–H and O–H groups in total. The zero-order chi connectivity index (χ0) is 19.4. The van der Waals surface area contributed by atoms with Crippen LogP contribution in [0.25, 0.3) is 0 Å². The topological polar surface area (TPSA) is 92.8 Å². The number of likely N-dealkylation sites (tertiary alicyclic amines) is 1. The van der Waals surface area contributed by atoms with E-state index >= 15 is 0 Å². The third-order valence-electron chi connectivity index (χ3n) is 4.38. The molecule has 0 unspecified atom stereocenters. The molecule has 8 heteroatoms. The van der Waals surface area contributed by atoms with Crippen LogP contribution in [-0.4, -0.2) is 45.4 Å². The molecule has 1 saturated heterocycles. The van der Waals surface area contributed by atoms with Crippen LogP contribution in [0.2, 0.25) is 0 Å². The van der Waals surface area contributed by atoms with E-state index in [2.05, 4.69) is 9.46 Å². The van der Waals surface area contributed by atoms with Gasteiger partial charge in [-0.3, -0.25) is 9.52 Å². The summed E-state index contributed by atoms with van der Waals surface area (Å²) in [5.41, 5.74) is 0.793. The first kappa shape index (κ1) is 18.9. The largest absolute Gasteiger partial charge is 0.465 e. The lowest BCUT2D eigenvalue weighted by Crippen LogP contribution is -2.28. The molecular formula is C19H20N2O5S. The minimum Gasteiger partial charge on any atom is -0.465 e. The molecular weight excluding hydrogens is 368 g/mol. The normalized spacial score (nSPS) is 14.0. The minimum absolute atomic E-state index is 0.0152. The van der Waals surface area contributed by atoms with Gasteiger partial charge in [-0.2, -0.15) is 0 Å². The standard InChI is InChI=1S/C19H20N2O5S/c1-26-19(23)14-8-10-15(11-9-14)27(24,25)20-17-7-3-2-6-16(17)18(22)21-12-4-5-13-21/h2-3,6-11,20H,4-5,12-13H2,1H3. The number of methoxy groups -OCH3 is 1. The Labute approximate surface area is 158 Å². The van der Waals surface area contributed by atoms with Gasteiger partial charge in [0.25, 0.3) is 15.9 Å². The summed E-state index contributed by atoms with van der Waals surface area (Å²) in [6.07, 6.45) is 1.90. The molecule has 7 nitrogen and oxygen atoms in total. The van der Waals surface area contributed by atoms with Gasteiger partial charge < -0.3 is 9.64 Å². The van der Waals surface area contributed by atoms with Crippen LogP contribution in [0.4, 0.5) is 5.69 Å². The summed E-state index contributed by atoms with van der Waals surface area (Å²) in [6, 6.07) is 11.9. The average molecular weight is 388 g/mol. The number of anilines is 1. The number of benzene rings is 2. The van der Waals surface area contributed by atoms with Crippen LogP contribution >= 0.6 is 0 Å². The number of para-hydroxylation sites is 1. The van der Waals surface area contributed by atoms with Crippen molar-refractivity contribution in [3.63, 3.8) is 0 Å². The summed E-state index contributed by atoms with van der Waals surface area (Å²) >= 11 is 0. The number of nitrogens with zero attached hydrogens (tertiary/aromatic N) is 1. The van der Waals surface area contributed by atoms with Crippen LogP contribution in [0.15, 0.2) is 53.4 Å². The van der Waals surface area contributed by atoms with Crippen molar-refractivity contribution in [2.75, 3.05) is 24.9 Å². The van der Waals surface area contributed by atoms with E-state index in [9.17, 15) is 18.0 Å². The molecule has 142 valence electrons. The van der Waals surface area contributed by atoms with E-state index < -0.39 is 16.0 Å². The highest BCUT2D eigenvalue weighted by molar-refractivity contribution is 7.92. The van der Waals surface area contributed by atoms with Crippen LogP contribution < -0.4 is 4.72 Å². The lowest BCUT2D eigenvalue weighted by atomic mass is 10.1. The fraction of sp³-hybridized carbons (Fsp3) is 0.263. The molecule has 0 atom stereocenters. The van der Waals surface area contributed by atoms with Crippen molar-refractivity contribution in [2.24, 2.45) is 0 Å².